The van der Waals surface area contributed by atoms with Crippen molar-refractivity contribution in [3.63, 3.8) is 0 Å². The molecule has 1 saturated heterocycles. The van der Waals surface area contributed by atoms with Crippen molar-refractivity contribution in [2.75, 3.05) is 19.6 Å². The van der Waals surface area contributed by atoms with Gasteiger partial charge in [0.05, 0.1) is 0 Å². The largest absolute Gasteiger partial charge is 0.339 e. The van der Waals surface area contributed by atoms with Crippen LogP contribution in [0.25, 0.3) is 6.08 Å². The van der Waals surface area contributed by atoms with E-state index in [0.29, 0.717) is 24.6 Å². The van der Waals surface area contributed by atoms with Crippen molar-refractivity contribution in [2.24, 2.45) is 11.7 Å². The number of hydrogen-bond donors (Lipinski definition) is 1. The number of halogens is 1. The summed E-state index contributed by atoms with van der Waals surface area (Å²) in [5, 5.41) is 0. The monoisotopic (exact) mass is 248 g/mol. The van der Waals surface area contributed by atoms with Crippen molar-refractivity contribution in [3.8, 4) is 0 Å². The van der Waals surface area contributed by atoms with Gasteiger partial charge in [-0.05, 0) is 31.0 Å². The number of nitrogens with two attached hydrogens (primary N) is 1. The Balaban J connectivity index is 1.98. The molecule has 0 saturated carbocycles. The molecule has 0 aliphatic carbocycles. The third-order valence-electron chi connectivity index (χ3n) is 3.24. The smallest absolute Gasteiger partial charge is 0.246 e. The molecule has 0 bridgehead atoms. The van der Waals surface area contributed by atoms with E-state index in [4.69, 9.17) is 5.73 Å². The van der Waals surface area contributed by atoms with Crippen LogP contribution in [-0.2, 0) is 4.79 Å². The fourth-order valence-corrected chi connectivity index (χ4v) is 2.10. The maximum atomic E-state index is 13.3. The Morgan fingerprint density at radius 1 is 1.50 bits per heavy atom. The Labute approximate surface area is 106 Å². The summed E-state index contributed by atoms with van der Waals surface area (Å²) >= 11 is 0. The van der Waals surface area contributed by atoms with Crippen LogP contribution in [0.4, 0.5) is 4.39 Å². The van der Waals surface area contributed by atoms with Crippen molar-refractivity contribution in [1.82, 2.24) is 4.90 Å². The van der Waals surface area contributed by atoms with Crippen LogP contribution in [-0.4, -0.2) is 30.4 Å². The zero-order valence-electron chi connectivity index (χ0n) is 10.2. The van der Waals surface area contributed by atoms with E-state index in [1.807, 2.05) is 0 Å². The molecule has 3 nitrogen and oxygen atoms in total. The van der Waals surface area contributed by atoms with Crippen LogP contribution >= 0.6 is 0 Å². The molecule has 1 heterocycles. The van der Waals surface area contributed by atoms with E-state index in [1.54, 1.807) is 23.1 Å². The molecule has 2 rings (SSSR count). The number of likely N-dealkylation sites (tertiary alicyclic amines) is 1. The lowest BCUT2D eigenvalue weighted by Gasteiger charge is -2.13. The molecule has 2 N–H and O–H groups in total. The second-order valence-corrected chi connectivity index (χ2v) is 4.53. The maximum Gasteiger partial charge on any atom is 0.246 e. The van der Waals surface area contributed by atoms with Gasteiger partial charge in [0.2, 0.25) is 5.91 Å². The highest BCUT2D eigenvalue weighted by Gasteiger charge is 2.23. The van der Waals surface area contributed by atoms with Crippen molar-refractivity contribution < 1.29 is 9.18 Å². The van der Waals surface area contributed by atoms with Gasteiger partial charge >= 0.3 is 0 Å². The number of carbonyl (C=O) groups excluding carboxylic acids is 1. The first-order chi connectivity index (χ1) is 8.70. The van der Waals surface area contributed by atoms with Gasteiger partial charge in [-0.25, -0.2) is 4.39 Å². The van der Waals surface area contributed by atoms with Crippen LogP contribution in [0.1, 0.15) is 12.0 Å². The Morgan fingerprint density at radius 2 is 2.28 bits per heavy atom. The minimum atomic E-state index is -0.317. The van der Waals surface area contributed by atoms with Gasteiger partial charge in [-0.1, -0.05) is 18.2 Å². The zero-order chi connectivity index (χ0) is 13.0. The molecule has 96 valence electrons. The Bertz CT molecular complexity index is 459. The predicted molar refractivity (Wildman–Crippen MR) is 69.2 cm³/mol. The molecule has 18 heavy (non-hydrogen) atoms. The van der Waals surface area contributed by atoms with Crippen LogP contribution in [0.5, 0.6) is 0 Å². The van der Waals surface area contributed by atoms with Gasteiger partial charge in [0.1, 0.15) is 5.82 Å². The number of nitrogens with zero attached hydrogens (tertiary/aromatic N) is 1. The quantitative estimate of drug-likeness (QED) is 0.827. The Hall–Kier alpha value is -1.68. The number of benzene rings is 1. The van der Waals surface area contributed by atoms with E-state index in [9.17, 15) is 9.18 Å². The second-order valence-electron chi connectivity index (χ2n) is 4.53. The van der Waals surface area contributed by atoms with Gasteiger partial charge in [0, 0.05) is 24.7 Å². The van der Waals surface area contributed by atoms with E-state index in [-0.39, 0.29) is 11.7 Å². The van der Waals surface area contributed by atoms with Crippen LogP contribution in [0.2, 0.25) is 0 Å². The summed E-state index contributed by atoms with van der Waals surface area (Å²) < 4.78 is 13.3. The topological polar surface area (TPSA) is 46.3 Å². The molecule has 0 radical (unpaired) electrons. The summed E-state index contributed by atoms with van der Waals surface area (Å²) in [4.78, 5) is 13.6. The second kappa shape index (κ2) is 5.78. The molecule has 1 aliphatic rings. The fraction of sp³-hybridized carbons (Fsp3) is 0.357. The summed E-state index contributed by atoms with van der Waals surface area (Å²) in [6, 6.07) is 6.39. The summed E-state index contributed by atoms with van der Waals surface area (Å²) in [6.45, 7) is 2.06. The van der Waals surface area contributed by atoms with Crippen molar-refractivity contribution in [2.45, 2.75) is 6.42 Å². The average Bonchev–Trinajstić information content (AvgIpc) is 2.86. The third kappa shape index (κ3) is 2.96. The van der Waals surface area contributed by atoms with Gasteiger partial charge in [0.15, 0.2) is 0 Å². The highest BCUT2D eigenvalue weighted by atomic mass is 19.1. The van der Waals surface area contributed by atoms with Crippen molar-refractivity contribution in [3.05, 3.63) is 41.7 Å². The third-order valence-corrected chi connectivity index (χ3v) is 3.24. The van der Waals surface area contributed by atoms with E-state index >= 15 is 0 Å². The van der Waals surface area contributed by atoms with Gasteiger partial charge in [-0.3, -0.25) is 4.79 Å². The molecule has 0 aromatic heterocycles. The molecule has 4 heteroatoms. The lowest BCUT2D eigenvalue weighted by molar-refractivity contribution is -0.125. The van der Waals surface area contributed by atoms with Crippen LogP contribution in [0, 0.1) is 11.7 Å². The Morgan fingerprint density at radius 3 is 2.94 bits per heavy atom. The lowest BCUT2D eigenvalue weighted by atomic mass is 10.1. The first kappa shape index (κ1) is 12.8. The molecular formula is C14H17FN2O. The summed E-state index contributed by atoms with van der Waals surface area (Å²) in [6.07, 6.45) is 3.90. The van der Waals surface area contributed by atoms with E-state index < -0.39 is 0 Å². The van der Waals surface area contributed by atoms with Gasteiger partial charge < -0.3 is 10.6 Å². The normalized spacial score (nSPS) is 19.7. The standard InChI is InChI=1S/C14H17FN2O/c15-13-4-2-1-3-12(13)5-6-14(18)17-8-7-11(9-16)10-17/h1-6,11H,7-10,16H2/b6-5+. The van der Waals surface area contributed by atoms with E-state index in [1.165, 1.54) is 18.2 Å². The molecule has 1 amide bonds. The first-order valence-electron chi connectivity index (χ1n) is 6.12. The predicted octanol–water partition coefficient (Wildman–Crippen LogP) is 1.65. The van der Waals surface area contributed by atoms with Gasteiger partial charge in [0.25, 0.3) is 0 Å². The molecular weight excluding hydrogens is 231 g/mol. The van der Waals surface area contributed by atoms with E-state index in [0.717, 1.165) is 13.0 Å². The maximum absolute atomic E-state index is 13.3. The summed E-state index contributed by atoms with van der Waals surface area (Å²) in [5.74, 6) is 0.00724. The number of hydrogen-bond acceptors (Lipinski definition) is 2. The SMILES string of the molecule is NCC1CCN(C(=O)/C=C/c2ccccc2F)C1. The molecule has 1 aliphatic heterocycles. The molecule has 1 fully saturated rings. The minimum absolute atomic E-state index is 0.0748. The lowest BCUT2D eigenvalue weighted by Crippen LogP contribution is -2.28. The first-order valence-corrected chi connectivity index (χ1v) is 6.12. The van der Waals surface area contributed by atoms with Gasteiger partial charge in [-0.2, -0.15) is 0 Å². The van der Waals surface area contributed by atoms with E-state index in [2.05, 4.69) is 0 Å². The van der Waals surface area contributed by atoms with Crippen LogP contribution < -0.4 is 5.73 Å². The number of carbonyl (C=O) groups is 1. The highest BCUT2D eigenvalue weighted by molar-refractivity contribution is 5.92. The van der Waals surface area contributed by atoms with Gasteiger partial charge in [-0.15, -0.1) is 0 Å². The van der Waals surface area contributed by atoms with Crippen LogP contribution in [0.3, 0.4) is 0 Å². The zero-order valence-corrected chi connectivity index (χ0v) is 10.2. The molecule has 1 aromatic carbocycles. The summed E-state index contributed by atoms with van der Waals surface area (Å²) in [7, 11) is 0. The van der Waals surface area contributed by atoms with Crippen molar-refractivity contribution >= 4 is 12.0 Å². The molecule has 0 spiro atoms. The van der Waals surface area contributed by atoms with Crippen molar-refractivity contribution in [1.29, 1.82) is 0 Å². The number of amides is 1. The highest BCUT2D eigenvalue weighted by Crippen LogP contribution is 2.15. The number of rotatable bonds is 3. The van der Waals surface area contributed by atoms with Crippen LogP contribution in [0.15, 0.2) is 30.3 Å². The molecule has 1 unspecified atom stereocenters. The summed E-state index contributed by atoms with van der Waals surface area (Å²) in [5.41, 5.74) is 6.01. The fourth-order valence-electron chi connectivity index (χ4n) is 2.10. The minimum Gasteiger partial charge on any atom is -0.339 e. The Kier molecular flexibility index (Phi) is 4.10. The molecule has 1 aromatic rings. The molecule has 1 atom stereocenters. The average molecular weight is 248 g/mol.